The Morgan fingerprint density at radius 1 is 1.50 bits per heavy atom. The normalized spacial score (nSPS) is 12.7. The van der Waals surface area contributed by atoms with Crippen molar-refractivity contribution in [3.8, 4) is 0 Å². The van der Waals surface area contributed by atoms with Crippen molar-refractivity contribution in [3.05, 3.63) is 27.2 Å². The highest BCUT2D eigenvalue weighted by Gasteiger charge is 2.20. The Morgan fingerprint density at radius 2 is 2.22 bits per heavy atom. The minimum absolute atomic E-state index is 0.0672. The molecule has 18 heavy (non-hydrogen) atoms. The molecule has 1 atom stereocenters. The summed E-state index contributed by atoms with van der Waals surface area (Å²) >= 11 is 8.54. The van der Waals surface area contributed by atoms with Gasteiger partial charge in [-0.25, -0.2) is 0 Å². The highest BCUT2D eigenvalue weighted by molar-refractivity contribution is 8.00. The number of carbonyl (C=O) groups is 1. The molecule has 96 valence electrons. The Kier molecular flexibility index (Phi) is 4.09. The lowest BCUT2D eigenvalue weighted by Crippen LogP contribution is -2.13. The quantitative estimate of drug-likeness (QED) is 0.643. The smallest absolute Gasteiger partial charge is 0.191 e. The van der Waals surface area contributed by atoms with Crippen LogP contribution in [0, 0.1) is 6.92 Å². The van der Waals surface area contributed by atoms with E-state index in [2.05, 4.69) is 10.2 Å². The molecule has 0 aromatic carbocycles. The van der Waals surface area contributed by atoms with E-state index in [-0.39, 0.29) is 11.0 Å². The molecule has 2 aromatic heterocycles. The lowest BCUT2D eigenvalue weighted by atomic mass is 10.2. The van der Waals surface area contributed by atoms with E-state index in [0.29, 0.717) is 9.21 Å². The maximum Gasteiger partial charge on any atom is 0.191 e. The van der Waals surface area contributed by atoms with Crippen LogP contribution >= 0.6 is 34.7 Å². The first-order chi connectivity index (χ1) is 8.49. The number of thioether (sulfide) groups is 1. The third kappa shape index (κ3) is 2.76. The summed E-state index contributed by atoms with van der Waals surface area (Å²) in [5.74, 6) is 0.897. The number of carbonyl (C=O) groups excluding carboxylic acids is 1. The van der Waals surface area contributed by atoms with Crippen LogP contribution < -0.4 is 0 Å². The molecular formula is C11H12ClN3OS2. The van der Waals surface area contributed by atoms with Crippen LogP contribution in [0.1, 0.15) is 22.4 Å². The summed E-state index contributed by atoms with van der Waals surface area (Å²) in [5, 5.41) is 8.55. The van der Waals surface area contributed by atoms with Crippen LogP contribution in [0.25, 0.3) is 0 Å². The monoisotopic (exact) mass is 301 g/mol. The third-order valence-corrected chi connectivity index (χ3v) is 4.90. The minimum Gasteiger partial charge on any atom is -0.309 e. The lowest BCUT2D eigenvalue weighted by molar-refractivity contribution is 0.0997. The van der Waals surface area contributed by atoms with Gasteiger partial charge in [-0.3, -0.25) is 4.79 Å². The number of nitrogens with zero attached hydrogens (tertiary/aromatic N) is 3. The first-order valence-electron chi connectivity index (χ1n) is 5.31. The second-order valence-electron chi connectivity index (χ2n) is 3.82. The predicted octanol–water partition coefficient (Wildman–Crippen LogP) is 3.20. The van der Waals surface area contributed by atoms with Gasteiger partial charge in [-0.05, 0) is 26.0 Å². The summed E-state index contributed by atoms with van der Waals surface area (Å²) in [6.07, 6.45) is 0. The van der Waals surface area contributed by atoms with E-state index in [0.717, 1.165) is 11.0 Å². The number of ketones is 1. The summed E-state index contributed by atoms with van der Waals surface area (Å²) < 4.78 is 2.50. The molecule has 2 heterocycles. The molecule has 0 aliphatic rings. The molecule has 1 unspecified atom stereocenters. The molecule has 0 saturated carbocycles. The first kappa shape index (κ1) is 13.6. The van der Waals surface area contributed by atoms with Gasteiger partial charge in [-0.1, -0.05) is 23.4 Å². The fourth-order valence-corrected chi connectivity index (χ4v) is 3.42. The van der Waals surface area contributed by atoms with E-state index in [1.807, 2.05) is 25.5 Å². The number of hydrogen-bond donors (Lipinski definition) is 0. The molecule has 0 aliphatic heterocycles. The Hall–Kier alpha value is -0.850. The highest BCUT2D eigenvalue weighted by Crippen LogP contribution is 2.28. The summed E-state index contributed by atoms with van der Waals surface area (Å²) in [5.41, 5.74) is 0. The number of hydrogen-bond acceptors (Lipinski definition) is 5. The molecule has 0 aliphatic carbocycles. The Labute approximate surface area is 118 Å². The molecular weight excluding hydrogens is 290 g/mol. The van der Waals surface area contributed by atoms with Crippen LogP contribution in [-0.4, -0.2) is 25.8 Å². The van der Waals surface area contributed by atoms with Gasteiger partial charge in [-0.15, -0.1) is 21.5 Å². The SMILES string of the molecule is Cc1nnc(SC(C)C(=O)c2ccc(Cl)s2)n1C. The molecule has 0 spiro atoms. The van der Waals surface area contributed by atoms with Gasteiger partial charge in [0, 0.05) is 7.05 Å². The number of aromatic nitrogens is 3. The van der Waals surface area contributed by atoms with Gasteiger partial charge < -0.3 is 4.57 Å². The predicted molar refractivity (Wildman–Crippen MR) is 74.7 cm³/mol. The average molecular weight is 302 g/mol. The number of halogens is 1. The molecule has 4 nitrogen and oxygen atoms in total. The van der Waals surface area contributed by atoms with Gasteiger partial charge in [0.15, 0.2) is 10.9 Å². The fourth-order valence-electron chi connectivity index (χ4n) is 1.35. The van der Waals surface area contributed by atoms with Crippen LogP contribution in [0.5, 0.6) is 0 Å². The second kappa shape index (κ2) is 5.42. The zero-order chi connectivity index (χ0) is 13.3. The van der Waals surface area contributed by atoms with Crippen LogP contribution in [0.2, 0.25) is 4.34 Å². The van der Waals surface area contributed by atoms with Crippen molar-refractivity contribution in [1.82, 2.24) is 14.8 Å². The van der Waals surface area contributed by atoms with Crippen molar-refractivity contribution >= 4 is 40.5 Å². The van der Waals surface area contributed by atoms with Crippen molar-refractivity contribution in [2.45, 2.75) is 24.3 Å². The Bertz CT molecular complexity index is 579. The maximum atomic E-state index is 12.2. The van der Waals surface area contributed by atoms with Gasteiger partial charge in [-0.2, -0.15) is 0 Å². The van der Waals surface area contributed by atoms with Crippen molar-refractivity contribution in [2.24, 2.45) is 7.05 Å². The summed E-state index contributed by atoms with van der Waals surface area (Å²) in [6.45, 7) is 3.74. The molecule has 0 saturated heterocycles. The van der Waals surface area contributed by atoms with Crippen molar-refractivity contribution in [3.63, 3.8) is 0 Å². The van der Waals surface area contributed by atoms with Crippen LogP contribution in [0.3, 0.4) is 0 Å². The standard InChI is InChI=1S/C11H12ClN3OS2/c1-6(10(16)8-4-5-9(12)18-8)17-11-14-13-7(2)15(11)3/h4-6H,1-3H3. The minimum atomic E-state index is -0.206. The molecule has 2 rings (SSSR count). The number of thiophene rings is 1. The third-order valence-electron chi connectivity index (χ3n) is 2.52. The summed E-state index contributed by atoms with van der Waals surface area (Å²) in [6, 6.07) is 3.50. The van der Waals surface area contributed by atoms with E-state index in [1.54, 1.807) is 12.1 Å². The molecule has 0 bridgehead atoms. The first-order valence-corrected chi connectivity index (χ1v) is 7.38. The average Bonchev–Trinajstić information content (AvgIpc) is 2.89. The highest BCUT2D eigenvalue weighted by atomic mass is 35.5. The van der Waals surface area contributed by atoms with Crippen LogP contribution in [-0.2, 0) is 7.05 Å². The van der Waals surface area contributed by atoms with E-state index >= 15 is 0 Å². The molecule has 0 amide bonds. The van der Waals surface area contributed by atoms with Gasteiger partial charge >= 0.3 is 0 Å². The zero-order valence-corrected chi connectivity index (χ0v) is 12.6. The van der Waals surface area contributed by atoms with Gasteiger partial charge in [0.25, 0.3) is 0 Å². The zero-order valence-electron chi connectivity index (χ0n) is 10.2. The van der Waals surface area contributed by atoms with Crippen molar-refractivity contribution in [2.75, 3.05) is 0 Å². The summed E-state index contributed by atoms with van der Waals surface area (Å²) in [7, 11) is 1.89. The molecule has 7 heteroatoms. The molecule has 0 radical (unpaired) electrons. The molecule has 2 aromatic rings. The molecule has 0 N–H and O–H groups in total. The van der Waals surface area contributed by atoms with Gasteiger partial charge in [0.1, 0.15) is 5.82 Å². The fraction of sp³-hybridized carbons (Fsp3) is 0.364. The Morgan fingerprint density at radius 3 is 2.72 bits per heavy atom. The Balaban J connectivity index is 2.10. The van der Waals surface area contributed by atoms with Gasteiger partial charge in [0.2, 0.25) is 0 Å². The van der Waals surface area contributed by atoms with Crippen LogP contribution in [0.4, 0.5) is 0 Å². The van der Waals surface area contributed by atoms with Crippen molar-refractivity contribution < 1.29 is 4.79 Å². The van der Waals surface area contributed by atoms with Gasteiger partial charge in [0.05, 0.1) is 14.5 Å². The second-order valence-corrected chi connectivity index (χ2v) is 6.84. The van der Waals surface area contributed by atoms with E-state index in [4.69, 9.17) is 11.6 Å². The number of rotatable bonds is 4. The maximum absolute atomic E-state index is 12.2. The lowest BCUT2D eigenvalue weighted by Gasteiger charge is -2.07. The summed E-state index contributed by atoms with van der Waals surface area (Å²) in [4.78, 5) is 12.8. The molecule has 0 fully saturated rings. The van der Waals surface area contributed by atoms with Crippen molar-refractivity contribution in [1.29, 1.82) is 0 Å². The van der Waals surface area contributed by atoms with E-state index in [1.165, 1.54) is 23.1 Å². The van der Waals surface area contributed by atoms with E-state index < -0.39 is 0 Å². The largest absolute Gasteiger partial charge is 0.309 e. The van der Waals surface area contributed by atoms with Crippen LogP contribution in [0.15, 0.2) is 17.3 Å². The van der Waals surface area contributed by atoms with E-state index in [9.17, 15) is 4.79 Å². The topological polar surface area (TPSA) is 47.8 Å². The number of Topliss-reactive ketones (excluding diaryl/α,β-unsaturated/α-hetero) is 1. The number of aryl methyl sites for hydroxylation is 1.